The topological polar surface area (TPSA) is 39.7 Å². The molecule has 1 aliphatic carbocycles. The van der Waals surface area contributed by atoms with Crippen LogP contribution in [0.1, 0.15) is 36.8 Å². The van der Waals surface area contributed by atoms with Crippen molar-refractivity contribution in [2.45, 2.75) is 44.8 Å². The first kappa shape index (κ1) is 16.1. The minimum absolute atomic E-state index is 0.490. The Bertz CT molecular complexity index is 533. The van der Waals surface area contributed by atoms with E-state index in [0.717, 1.165) is 31.9 Å². The number of guanidine groups is 1. The summed E-state index contributed by atoms with van der Waals surface area (Å²) < 4.78 is 0. The summed E-state index contributed by atoms with van der Waals surface area (Å²) in [7, 11) is 1.83. The zero-order valence-electron chi connectivity index (χ0n) is 14.1. The highest BCUT2D eigenvalue weighted by Crippen LogP contribution is 2.13. The summed E-state index contributed by atoms with van der Waals surface area (Å²) in [4.78, 5) is 6.85. The van der Waals surface area contributed by atoms with Gasteiger partial charge in [-0.2, -0.15) is 0 Å². The largest absolute Gasteiger partial charge is 0.353 e. The molecule has 3 rings (SSSR count). The summed E-state index contributed by atoms with van der Waals surface area (Å²) >= 11 is 0. The summed E-state index contributed by atoms with van der Waals surface area (Å²) in [6, 6.07) is 9.45. The van der Waals surface area contributed by atoms with E-state index in [-0.39, 0.29) is 0 Å². The highest BCUT2D eigenvalue weighted by Gasteiger charge is 2.12. The third-order valence-corrected chi connectivity index (χ3v) is 4.66. The minimum atomic E-state index is 0.490. The van der Waals surface area contributed by atoms with Crippen molar-refractivity contribution in [2.24, 2.45) is 4.99 Å². The quantitative estimate of drug-likeness (QED) is 0.499. The van der Waals surface area contributed by atoms with E-state index in [1.54, 1.807) is 0 Å². The van der Waals surface area contributed by atoms with Gasteiger partial charge in [-0.1, -0.05) is 36.4 Å². The van der Waals surface area contributed by atoms with Crippen LogP contribution in [0.5, 0.6) is 0 Å². The van der Waals surface area contributed by atoms with E-state index in [4.69, 9.17) is 0 Å². The van der Waals surface area contributed by atoms with Crippen LogP contribution in [0.4, 0.5) is 0 Å². The molecule has 0 bridgehead atoms. The van der Waals surface area contributed by atoms with Crippen LogP contribution in [0.3, 0.4) is 0 Å². The van der Waals surface area contributed by atoms with Crippen LogP contribution < -0.4 is 10.6 Å². The van der Waals surface area contributed by atoms with Crippen molar-refractivity contribution in [2.75, 3.05) is 20.1 Å². The van der Waals surface area contributed by atoms with E-state index in [1.165, 1.54) is 37.1 Å². The lowest BCUT2D eigenvalue weighted by Crippen LogP contribution is -2.42. The van der Waals surface area contributed by atoms with E-state index in [1.807, 2.05) is 7.05 Å². The molecular formula is C19H28N4. The summed E-state index contributed by atoms with van der Waals surface area (Å²) in [6.45, 7) is 4.40. The van der Waals surface area contributed by atoms with Gasteiger partial charge in [-0.15, -0.1) is 0 Å². The fourth-order valence-corrected chi connectivity index (χ4v) is 3.27. The summed E-state index contributed by atoms with van der Waals surface area (Å²) in [5.74, 6) is 0.889. The predicted molar refractivity (Wildman–Crippen MR) is 96.4 cm³/mol. The molecule has 0 spiro atoms. The number of aliphatic imine (C=N–C) groups is 1. The van der Waals surface area contributed by atoms with Gasteiger partial charge in [0.1, 0.15) is 0 Å². The number of hydrogen-bond acceptors (Lipinski definition) is 2. The molecule has 1 fully saturated rings. The third-order valence-electron chi connectivity index (χ3n) is 4.66. The average Bonchev–Trinajstić information content (AvgIpc) is 3.26. The summed E-state index contributed by atoms with van der Waals surface area (Å²) in [5.41, 5.74) is 2.71. The van der Waals surface area contributed by atoms with Crippen LogP contribution in [-0.4, -0.2) is 37.0 Å². The van der Waals surface area contributed by atoms with Crippen LogP contribution in [0.15, 0.2) is 41.4 Å². The zero-order valence-corrected chi connectivity index (χ0v) is 14.1. The second kappa shape index (κ2) is 8.16. The maximum absolute atomic E-state index is 4.31. The van der Waals surface area contributed by atoms with Gasteiger partial charge in [-0.3, -0.25) is 9.89 Å². The van der Waals surface area contributed by atoms with E-state index >= 15 is 0 Å². The second-order valence-corrected chi connectivity index (χ2v) is 6.51. The van der Waals surface area contributed by atoms with Crippen molar-refractivity contribution in [3.05, 3.63) is 47.5 Å². The number of nitrogens with zero attached hydrogens (tertiary/aromatic N) is 2. The first-order chi connectivity index (χ1) is 11.3. The molecule has 1 aromatic carbocycles. The second-order valence-electron chi connectivity index (χ2n) is 6.51. The normalized spacial score (nSPS) is 19.4. The predicted octanol–water partition coefficient (Wildman–Crippen LogP) is 2.67. The van der Waals surface area contributed by atoms with Crippen LogP contribution in [0.2, 0.25) is 0 Å². The number of benzene rings is 1. The molecule has 23 heavy (non-hydrogen) atoms. The van der Waals surface area contributed by atoms with Crippen LogP contribution >= 0.6 is 0 Å². The van der Waals surface area contributed by atoms with E-state index < -0.39 is 0 Å². The van der Waals surface area contributed by atoms with Gasteiger partial charge in [0.25, 0.3) is 0 Å². The first-order valence-electron chi connectivity index (χ1n) is 8.76. The lowest BCUT2D eigenvalue weighted by atomic mass is 10.1. The van der Waals surface area contributed by atoms with Crippen molar-refractivity contribution in [1.82, 2.24) is 15.5 Å². The van der Waals surface area contributed by atoms with Crippen molar-refractivity contribution in [3.63, 3.8) is 0 Å². The number of hydrogen-bond donors (Lipinski definition) is 2. The first-order valence-corrected chi connectivity index (χ1v) is 8.76. The molecule has 1 aliphatic heterocycles. The highest BCUT2D eigenvalue weighted by atomic mass is 15.2. The van der Waals surface area contributed by atoms with Crippen LogP contribution in [0.25, 0.3) is 0 Å². The molecule has 1 saturated heterocycles. The summed E-state index contributed by atoms with van der Waals surface area (Å²) in [5, 5.41) is 6.87. The molecule has 4 heteroatoms. The Hall–Kier alpha value is -1.81. The van der Waals surface area contributed by atoms with Gasteiger partial charge in [0.15, 0.2) is 5.96 Å². The van der Waals surface area contributed by atoms with Gasteiger partial charge in [-0.25, -0.2) is 0 Å². The Morgan fingerprint density at radius 1 is 1.09 bits per heavy atom. The Kier molecular flexibility index (Phi) is 5.70. The summed E-state index contributed by atoms with van der Waals surface area (Å²) in [6.07, 6.45) is 9.33. The van der Waals surface area contributed by atoms with Crippen molar-refractivity contribution >= 4 is 5.96 Å². The van der Waals surface area contributed by atoms with Crippen molar-refractivity contribution in [3.8, 4) is 0 Å². The Balaban J connectivity index is 1.45. The molecule has 0 radical (unpaired) electrons. The van der Waals surface area contributed by atoms with E-state index in [2.05, 4.69) is 56.9 Å². The molecule has 0 saturated carbocycles. The van der Waals surface area contributed by atoms with Gasteiger partial charge in [0.05, 0.1) is 0 Å². The molecule has 1 heterocycles. The minimum Gasteiger partial charge on any atom is -0.353 e. The molecule has 2 N–H and O–H groups in total. The fourth-order valence-electron chi connectivity index (χ4n) is 3.27. The molecule has 4 nitrogen and oxygen atoms in total. The molecule has 124 valence electrons. The zero-order chi connectivity index (χ0) is 15.9. The fraction of sp³-hybridized carbons (Fsp3) is 0.526. The number of nitrogens with one attached hydrogen (secondary N) is 2. The van der Waals surface area contributed by atoms with Crippen molar-refractivity contribution < 1.29 is 0 Å². The standard InChI is InChI=1S/C19H28N4/c1-20-19(22-18-6-2-3-7-18)21-14-16-8-10-17(11-9-16)15-23-12-4-5-13-23/h2-3,8-11,18H,4-7,12-15H2,1H3,(H2,20,21,22). The Morgan fingerprint density at radius 3 is 2.39 bits per heavy atom. The molecule has 2 aliphatic rings. The molecule has 0 aromatic heterocycles. The van der Waals surface area contributed by atoms with Gasteiger partial charge in [0.2, 0.25) is 0 Å². The maximum atomic E-state index is 4.31. The average molecular weight is 312 g/mol. The van der Waals surface area contributed by atoms with Gasteiger partial charge in [-0.05, 0) is 49.9 Å². The number of likely N-dealkylation sites (tertiary alicyclic amines) is 1. The molecule has 0 atom stereocenters. The highest BCUT2D eigenvalue weighted by molar-refractivity contribution is 5.80. The van der Waals surface area contributed by atoms with Crippen LogP contribution in [-0.2, 0) is 13.1 Å². The third kappa shape index (κ3) is 4.83. The monoisotopic (exact) mass is 312 g/mol. The molecule has 0 unspecified atom stereocenters. The Labute approximate surface area is 139 Å². The van der Waals surface area contributed by atoms with Gasteiger partial charge >= 0.3 is 0 Å². The van der Waals surface area contributed by atoms with E-state index in [9.17, 15) is 0 Å². The SMILES string of the molecule is CN=C(NCc1ccc(CN2CCCC2)cc1)NC1CC=CC1. The Morgan fingerprint density at radius 2 is 1.74 bits per heavy atom. The molecule has 1 aromatic rings. The smallest absolute Gasteiger partial charge is 0.191 e. The van der Waals surface area contributed by atoms with Crippen molar-refractivity contribution in [1.29, 1.82) is 0 Å². The lowest BCUT2D eigenvalue weighted by molar-refractivity contribution is 0.331. The lowest BCUT2D eigenvalue weighted by Gasteiger charge is -2.17. The van der Waals surface area contributed by atoms with E-state index in [0.29, 0.717) is 6.04 Å². The van der Waals surface area contributed by atoms with Gasteiger partial charge < -0.3 is 10.6 Å². The number of rotatable bonds is 5. The van der Waals surface area contributed by atoms with Crippen LogP contribution in [0, 0.1) is 0 Å². The molecular weight excluding hydrogens is 284 g/mol. The maximum Gasteiger partial charge on any atom is 0.191 e. The molecule has 0 amide bonds. The van der Waals surface area contributed by atoms with Gasteiger partial charge in [0, 0.05) is 26.2 Å².